The largest absolute Gasteiger partial charge is 0.339 e. The zero-order valence-corrected chi connectivity index (χ0v) is 13.8. The topological polar surface area (TPSA) is 32.3 Å². The summed E-state index contributed by atoms with van der Waals surface area (Å²) in [5, 5.41) is 3.37. The van der Waals surface area contributed by atoms with Crippen LogP contribution in [0.3, 0.4) is 0 Å². The molecule has 0 spiro atoms. The number of nitrogens with one attached hydrogen (secondary N) is 1. The Labute approximate surface area is 138 Å². The van der Waals surface area contributed by atoms with Crippen LogP contribution in [0.1, 0.15) is 44.1 Å². The maximum absolute atomic E-state index is 13.3. The van der Waals surface area contributed by atoms with Gasteiger partial charge in [0, 0.05) is 19.0 Å². The molecule has 126 valence electrons. The number of benzene rings is 1. The van der Waals surface area contributed by atoms with E-state index in [1.807, 2.05) is 11.0 Å². The van der Waals surface area contributed by atoms with Crippen LogP contribution in [-0.2, 0) is 11.2 Å². The van der Waals surface area contributed by atoms with E-state index >= 15 is 0 Å². The van der Waals surface area contributed by atoms with Crippen molar-refractivity contribution < 1.29 is 9.18 Å². The van der Waals surface area contributed by atoms with E-state index in [1.165, 1.54) is 18.9 Å². The van der Waals surface area contributed by atoms with E-state index in [9.17, 15) is 9.18 Å². The molecule has 0 aliphatic carbocycles. The van der Waals surface area contributed by atoms with Crippen molar-refractivity contribution in [3.63, 3.8) is 0 Å². The summed E-state index contributed by atoms with van der Waals surface area (Å²) in [6, 6.07) is 7.02. The lowest BCUT2D eigenvalue weighted by Crippen LogP contribution is -2.37. The highest BCUT2D eigenvalue weighted by molar-refractivity contribution is 5.76. The molecule has 23 heavy (non-hydrogen) atoms. The second-order valence-corrected chi connectivity index (χ2v) is 6.95. The van der Waals surface area contributed by atoms with Crippen LogP contribution in [0, 0.1) is 11.7 Å². The van der Waals surface area contributed by atoms with E-state index in [0.29, 0.717) is 18.2 Å². The fraction of sp³-hybridized carbons (Fsp3) is 0.632. The van der Waals surface area contributed by atoms with Crippen LogP contribution in [0.5, 0.6) is 0 Å². The Bertz CT molecular complexity index is 528. The second-order valence-electron chi connectivity index (χ2n) is 6.95. The highest BCUT2D eigenvalue weighted by Gasteiger charge is 2.29. The number of likely N-dealkylation sites (tertiary alicyclic amines) is 1. The molecule has 2 heterocycles. The molecule has 1 atom stereocenters. The van der Waals surface area contributed by atoms with Gasteiger partial charge in [-0.3, -0.25) is 4.79 Å². The molecule has 3 nitrogen and oxygen atoms in total. The van der Waals surface area contributed by atoms with Crippen molar-refractivity contribution in [1.29, 1.82) is 0 Å². The molecular weight excluding hydrogens is 291 g/mol. The van der Waals surface area contributed by atoms with Gasteiger partial charge in [-0.2, -0.15) is 0 Å². The van der Waals surface area contributed by atoms with Crippen molar-refractivity contribution in [3.05, 3.63) is 35.6 Å². The van der Waals surface area contributed by atoms with Gasteiger partial charge in [-0.05, 0) is 75.2 Å². The zero-order chi connectivity index (χ0) is 16.1. The summed E-state index contributed by atoms with van der Waals surface area (Å²) in [5.41, 5.74) is 0.994. The summed E-state index contributed by atoms with van der Waals surface area (Å²) < 4.78 is 13.3. The number of hydrogen-bond acceptors (Lipinski definition) is 2. The first-order valence-electron chi connectivity index (χ1n) is 8.97. The fourth-order valence-electron chi connectivity index (χ4n) is 3.95. The lowest BCUT2D eigenvalue weighted by Gasteiger charge is -2.27. The summed E-state index contributed by atoms with van der Waals surface area (Å²) in [4.78, 5) is 14.6. The number of nitrogens with zero attached hydrogens (tertiary/aromatic N) is 1. The van der Waals surface area contributed by atoms with Gasteiger partial charge in [0.2, 0.25) is 5.91 Å². The summed E-state index contributed by atoms with van der Waals surface area (Å²) in [6.07, 6.45) is 6.96. The van der Waals surface area contributed by atoms with E-state index in [1.54, 1.807) is 12.1 Å². The number of piperidine rings is 1. The molecule has 2 aliphatic heterocycles. The van der Waals surface area contributed by atoms with E-state index < -0.39 is 0 Å². The average Bonchev–Trinajstić information content (AvgIpc) is 3.02. The molecule has 1 N–H and O–H groups in total. The average molecular weight is 318 g/mol. The SMILES string of the molecule is O=C(CCC1CCNCC1)N1CCCC1Cc1cccc(F)c1. The Kier molecular flexibility index (Phi) is 5.65. The number of carbonyl (C=O) groups excluding carboxylic acids is 1. The van der Waals surface area contributed by atoms with E-state index in [2.05, 4.69) is 5.32 Å². The number of halogens is 1. The molecule has 4 heteroatoms. The van der Waals surface area contributed by atoms with Gasteiger partial charge >= 0.3 is 0 Å². The van der Waals surface area contributed by atoms with Gasteiger partial charge in [-0.15, -0.1) is 0 Å². The lowest BCUT2D eigenvalue weighted by atomic mass is 9.93. The third-order valence-electron chi connectivity index (χ3n) is 5.28. The van der Waals surface area contributed by atoms with Crippen molar-refractivity contribution in [2.45, 2.75) is 51.0 Å². The summed E-state index contributed by atoms with van der Waals surface area (Å²) in [6.45, 7) is 3.04. The Hall–Kier alpha value is -1.42. The van der Waals surface area contributed by atoms with Crippen molar-refractivity contribution in [2.75, 3.05) is 19.6 Å². The Morgan fingerprint density at radius 1 is 1.26 bits per heavy atom. The Morgan fingerprint density at radius 3 is 2.87 bits per heavy atom. The Morgan fingerprint density at radius 2 is 2.09 bits per heavy atom. The molecule has 2 aliphatic rings. The van der Waals surface area contributed by atoms with Crippen molar-refractivity contribution in [3.8, 4) is 0 Å². The van der Waals surface area contributed by atoms with Crippen LogP contribution in [0.4, 0.5) is 4.39 Å². The highest BCUT2D eigenvalue weighted by Crippen LogP contribution is 2.24. The molecule has 0 saturated carbocycles. The first-order chi connectivity index (χ1) is 11.2. The van der Waals surface area contributed by atoms with Gasteiger partial charge in [0.25, 0.3) is 0 Å². The van der Waals surface area contributed by atoms with E-state index in [0.717, 1.165) is 50.9 Å². The number of carbonyl (C=O) groups is 1. The van der Waals surface area contributed by atoms with Gasteiger partial charge in [0.1, 0.15) is 5.82 Å². The van der Waals surface area contributed by atoms with Crippen LogP contribution in [0.25, 0.3) is 0 Å². The van der Waals surface area contributed by atoms with Crippen LogP contribution in [0.15, 0.2) is 24.3 Å². The van der Waals surface area contributed by atoms with Crippen molar-refractivity contribution in [2.24, 2.45) is 5.92 Å². The zero-order valence-electron chi connectivity index (χ0n) is 13.8. The van der Waals surface area contributed by atoms with Gasteiger partial charge in [0.15, 0.2) is 0 Å². The number of hydrogen-bond donors (Lipinski definition) is 1. The van der Waals surface area contributed by atoms with Crippen LogP contribution in [0.2, 0.25) is 0 Å². The minimum absolute atomic E-state index is 0.190. The van der Waals surface area contributed by atoms with Gasteiger partial charge in [-0.1, -0.05) is 12.1 Å². The second kappa shape index (κ2) is 7.91. The highest BCUT2D eigenvalue weighted by atomic mass is 19.1. The predicted molar refractivity (Wildman–Crippen MR) is 89.7 cm³/mol. The molecule has 1 unspecified atom stereocenters. The van der Waals surface area contributed by atoms with E-state index in [4.69, 9.17) is 0 Å². The maximum atomic E-state index is 13.3. The summed E-state index contributed by atoms with van der Waals surface area (Å²) in [5.74, 6) is 0.802. The third kappa shape index (κ3) is 4.54. The molecule has 1 aromatic rings. The molecule has 0 radical (unpaired) electrons. The van der Waals surface area contributed by atoms with Crippen LogP contribution >= 0.6 is 0 Å². The van der Waals surface area contributed by atoms with Gasteiger partial charge in [0.05, 0.1) is 0 Å². The van der Waals surface area contributed by atoms with Crippen LogP contribution in [-0.4, -0.2) is 36.5 Å². The van der Waals surface area contributed by atoms with Crippen molar-refractivity contribution >= 4 is 5.91 Å². The van der Waals surface area contributed by atoms with Crippen molar-refractivity contribution in [1.82, 2.24) is 10.2 Å². The summed E-state index contributed by atoms with van der Waals surface area (Å²) >= 11 is 0. The fourth-order valence-corrected chi connectivity index (χ4v) is 3.95. The van der Waals surface area contributed by atoms with Crippen LogP contribution < -0.4 is 5.32 Å². The standard InChI is InChI=1S/C19H27FN2O/c20-17-4-1-3-16(13-17)14-18-5-2-12-22(18)19(23)7-6-15-8-10-21-11-9-15/h1,3-4,13,15,18,21H,2,5-12,14H2. The van der Waals surface area contributed by atoms with Gasteiger partial charge < -0.3 is 10.2 Å². The lowest BCUT2D eigenvalue weighted by molar-refractivity contribution is -0.132. The molecule has 0 bridgehead atoms. The minimum Gasteiger partial charge on any atom is -0.339 e. The monoisotopic (exact) mass is 318 g/mol. The Balaban J connectivity index is 1.52. The molecule has 3 rings (SSSR count). The minimum atomic E-state index is -0.190. The third-order valence-corrected chi connectivity index (χ3v) is 5.28. The maximum Gasteiger partial charge on any atom is 0.222 e. The quantitative estimate of drug-likeness (QED) is 0.904. The number of amides is 1. The normalized spacial score (nSPS) is 22.5. The smallest absolute Gasteiger partial charge is 0.222 e. The summed E-state index contributed by atoms with van der Waals surface area (Å²) in [7, 11) is 0. The van der Waals surface area contributed by atoms with Gasteiger partial charge in [-0.25, -0.2) is 4.39 Å². The first-order valence-corrected chi connectivity index (χ1v) is 8.97. The molecule has 2 fully saturated rings. The molecule has 1 amide bonds. The molecule has 0 aromatic heterocycles. The molecular formula is C19H27FN2O. The molecule has 1 aromatic carbocycles. The predicted octanol–water partition coefficient (Wildman–Crippen LogP) is 3.14. The number of rotatable bonds is 5. The van der Waals surface area contributed by atoms with E-state index in [-0.39, 0.29) is 11.9 Å². The first kappa shape index (κ1) is 16.4. The molecule has 2 saturated heterocycles.